The van der Waals surface area contributed by atoms with Crippen LogP contribution in [0.4, 0.5) is 4.79 Å². The Morgan fingerprint density at radius 1 is 0.897 bits per heavy atom. The molecule has 10 heteroatoms. The van der Waals surface area contributed by atoms with Crippen LogP contribution in [0.5, 0.6) is 0 Å². The molecule has 1 aliphatic rings. The van der Waals surface area contributed by atoms with E-state index in [-0.39, 0.29) is 18.9 Å². The molecule has 0 spiro atoms. The molecule has 39 heavy (non-hydrogen) atoms. The molecule has 1 atom stereocenters. The quantitative estimate of drug-likeness (QED) is 0.266. The first kappa shape index (κ1) is 30.2. The smallest absolute Gasteiger partial charge is 0.445 e. The van der Waals surface area contributed by atoms with Gasteiger partial charge in [-0.05, 0) is 57.1 Å². The number of primary amides is 1. The summed E-state index contributed by atoms with van der Waals surface area (Å²) in [7, 11) is -0.467. The van der Waals surface area contributed by atoms with E-state index in [1.54, 1.807) is 0 Å². The highest BCUT2D eigenvalue weighted by Gasteiger charge is 2.51. The molecule has 0 saturated carbocycles. The number of rotatable bonds is 13. The molecule has 1 heterocycles. The Morgan fingerprint density at radius 2 is 1.54 bits per heavy atom. The fraction of sp³-hybridized carbons (Fsp3) is 0.483. The fourth-order valence-corrected chi connectivity index (χ4v) is 4.07. The van der Waals surface area contributed by atoms with Crippen LogP contribution >= 0.6 is 0 Å². The Kier molecular flexibility index (Phi) is 10.5. The number of ether oxygens (including phenoxy) is 1. The maximum Gasteiger partial charge on any atom is 0.494 e. The van der Waals surface area contributed by atoms with Crippen molar-refractivity contribution in [3.8, 4) is 0 Å². The minimum absolute atomic E-state index is 0.220. The molecule has 0 aromatic heterocycles. The molecule has 2 aromatic carbocycles. The summed E-state index contributed by atoms with van der Waals surface area (Å²) >= 11 is 0. The lowest BCUT2D eigenvalue weighted by atomic mass is 9.78. The normalized spacial score (nSPS) is 16.4. The van der Waals surface area contributed by atoms with E-state index in [0.29, 0.717) is 25.8 Å². The van der Waals surface area contributed by atoms with Gasteiger partial charge >= 0.3 is 13.2 Å². The Labute approximate surface area is 231 Å². The zero-order valence-corrected chi connectivity index (χ0v) is 23.3. The van der Waals surface area contributed by atoms with Crippen LogP contribution < -0.4 is 21.8 Å². The number of benzene rings is 2. The molecule has 0 aliphatic carbocycles. The van der Waals surface area contributed by atoms with E-state index in [2.05, 4.69) is 10.6 Å². The molecular formula is C29H40BN3O6. The zero-order chi connectivity index (χ0) is 28.5. The first-order valence-corrected chi connectivity index (χ1v) is 13.4. The van der Waals surface area contributed by atoms with Crippen molar-refractivity contribution in [3.63, 3.8) is 0 Å². The van der Waals surface area contributed by atoms with E-state index in [1.165, 1.54) is 0 Å². The third-order valence-corrected chi connectivity index (χ3v) is 7.19. The second-order valence-electron chi connectivity index (χ2n) is 10.9. The van der Waals surface area contributed by atoms with Crippen molar-refractivity contribution < 1.29 is 28.4 Å². The van der Waals surface area contributed by atoms with Gasteiger partial charge in [-0.25, -0.2) is 4.79 Å². The van der Waals surface area contributed by atoms with Crippen molar-refractivity contribution >= 4 is 30.5 Å². The van der Waals surface area contributed by atoms with Crippen molar-refractivity contribution in [2.24, 2.45) is 5.73 Å². The van der Waals surface area contributed by atoms with Crippen LogP contribution in [0.1, 0.15) is 64.5 Å². The second-order valence-corrected chi connectivity index (χ2v) is 10.9. The van der Waals surface area contributed by atoms with Crippen molar-refractivity contribution in [2.75, 3.05) is 6.54 Å². The fourth-order valence-electron chi connectivity index (χ4n) is 4.07. The van der Waals surface area contributed by atoms with Gasteiger partial charge in [0.1, 0.15) is 12.6 Å². The zero-order valence-electron chi connectivity index (χ0n) is 23.3. The number of nitrogens with two attached hydrogens (primary N) is 1. The Bertz CT molecular complexity index is 1090. The highest BCUT2D eigenvalue weighted by Crippen LogP contribution is 2.36. The van der Waals surface area contributed by atoms with Gasteiger partial charge in [-0.3, -0.25) is 9.59 Å². The minimum Gasteiger partial charge on any atom is -0.445 e. The predicted molar refractivity (Wildman–Crippen MR) is 150 cm³/mol. The standard InChI is InChI=1S/C29H40BN3O6/c1-28(2)29(3,4)39-30(38-28)23-16-14-21(15-17-23)19-24(26(31)35)33-25(34)13-9-6-10-18-32-27(36)37-20-22-11-7-5-8-12-22/h5,7-8,11-12,14-17,24H,6,9-10,13,18-20H2,1-4H3,(H2,31,35)(H,32,36)(H,33,34)/t24-/m0/s1. The molecule has 0 bridgehead atoms. The molecule has 1 fully saturated rings. The first-order valence-electron chi connectivity index (χ1n) is 13.4. The van der Waals surface area contributed by atoms with Gasteiger partial charge < -0.3 is 30.4 Å². The average molecular weight is 537 g/mol. The highest BCUT2D eigenvalue weighted by molar-refractivity contribution is 6.62. The number of unbranched alkanes of at least 4 members (excludes halogenated alkanes) is 2. The van der Waals surface area contributed by atoms with Crippen molar-refractivity contribution in [1.29, 1.82) is 0 Å². The average Bonchev–Trinajstić information content (AvgIpc) is 3.11. The van der Waals surface area contributed by atoms with Gasteiger partial charge in [-0.15, -0.1) is 0 Å². The maximum absolute atomic E-state index is 12.4. The third kappa shape index (κ3) is 9.11. The summed E-state index contributed by atoms with van der Waals surface area (Å²) in [5.74, 6) is -0.820. The molecular weight excluding hydrogens is 497 g/mol. The van der Waals surface area contributed by atoms with Crippen molar-refractivity contribution in [3.05, 3.63) is 65.7 Å². The number of hydrogen-bond acceptors (Lipinski definition) is 6. The molecule has 3 amide bonds. The van der Waals surface area contributed by atoms with Crippen LogP contribution in [0.3, 0.4) is 0 Å². The predicted octanol–water partition coefficient (Wildman–Crippen LogP) is 2.99. The van der Waals surface area contributed by atoms with E-state index in [4.69, 9.17) is 19.8 Å². The SMILES string of the molecule is CC1(C)OB(c2ccc(C[C@H](NC(=O)CCCCCNC(=O)OCc3ccccc3)C(N)=O)cc2)OC1(C)C. The molecule has 1 saturated heterocycles. The summed E-state index contributed by atoms with van der Waals surface area (Å²) in [5.41, 5.74) is 7.38. The van der Waals surface area contributed by atoms with Crippen LogP contribution in [0, 0.1) is 0 Å². The first-order chi connectivity index (χ1) is 18.5. The summed E-state index contributed by atoms with van der Waals surface area (Å²) in [6, 6.07) is 16.2. The second kappa shape index (κ2) is 13.6. The minimum atomic E-state index is -0.804. The topological polar surface area (TPSA) is 129 Å². The van der Waals surface area contributed by atoms with Gasteiger partial charge in [0.05, 0.1) is 11.2 Å². The Morgan fingerprint density at radius 3 is 2.15 bits per heavy atom. The van der Waals surface area contributed by atoms with Crippen molar-refractivity contribution in [1.82, 2.24) is 10.6 Å². The van der Waals surface area contributed by atoms with E-state index >= 15 is 0 Å². The van der Waals surface area contributed by atoms with E-state index in [0.717, 1.165) is 23.0 Å². The lowest BCUT2D eigenvalue weighted by Crippen LogP contribution is -2.45. The van der Waals surface area contributed by atoms with Gasteiger partial charge in [0.2, 0.25) is 11.8 Å². The van der Waals surface area contributed by atoms with Crippen LogP contribution in [0.2, 0.25) is 0 Å². The lowest BCUT2D eigenvalue weighted by molar-refractivity contribution is -0.127. The van der Waals surface area contributed by atoms with E-state index in [1.807, 2.05) is 82.3 Å². The Balaban J connectivity index is 1.34. The van der Waals surface area contributed by atoms with Crippen LogP contribution in [-0.2, 0) is 36.7 Å². The Hall–Kier alpha value is -3.37. The lowest BCUT2D eigenvalue weighted by Gasteiger charge is -2.32. The summed E-state index contributed by atoms with van der Waals surface area (Å²) < 4.78 is 17.3. The molecule has 0 radical (unpaired) electrons. The molecule has 0 unspecified atom stereocenters. The highest BCUT2D eigenvalue weighted by atomic mass is 16.7. The summed E-state index contributed by atoms with van der Waals surface area (Å²) in [5, 5.41) is 5.45. The van der Waals surface area contributed by atoms with Gasteiger partial charge in [0.25, 0.3) is 0 Å². The maximum atomic E-state index is 12.4. The van der Waals surface area contributed by atoms with Crippen LogP contribution in [-0.4, -0.2) is 48.8 Å². The number of carbonyl (C=O) groups excluding carboxylic acids is 3. The van der Waals surface area contributed by atoms with Crippen LogP contribution in [0.25, 0.3) is 0 Å². The molecule has 210 valence electrons. The van der Waals surface area contributed by atoms with Crippen molar-refractivity contribution in [2.45, 2.75) is 83.6 Å². The number of hydrogen-bond donors (Lipinski definition) is 3. The summed E-state index contributed by atoms with van der Waals surface area (Å²) in [6.45, 7) is 8.69. The van der Waals surface area contributed by atoms with Gasteiger partial charge in [0.15, 0.2) is 0 Å². The van der Waals surface area contributed by atoms with Gasteiger partial charge in [-0.2, -0.15) is 0 Å². The third-order valence-electron chi connectivity index (χ3n) is 7.19. The number of nitrogens with one attached hydrogen (secondary N) is 2. The summed E-state index contributed by atoms with van der Waals surface area (Å²) in [4.78, 5) is 36.2. The number of carbonyl (C=O) groups is 3. The van der Waals surface area contributed by atoms with Gasteiger partial charge in [-0.1, -0.05) is 61.0 Å². The van der Waals surface area contributed by atoms with E-state index in [9.17, 15) is 14.4 Å². The van der Waals surface area contributed by atoms with E-state index < -0.39 is 36.4 Å². The summed E-state index contributed by atoms with van der Waals surface area (Å²) in [6.07, 6.45) is 2.17. The largest absolute Gasteiger partial charge is 0.494 e. The monoisotopic (exact) mass is 537 g/mol. The number of alkyl carbamates (subject to hydrolysis) is 1. The van der Waals surface area contributed by atoms with Gasteiger partial charge in [0, 0.05) is 19.4 Å². The number of amides is 3. The molecule has 9 nitrogen and oxygen atoms in total. The van der Waals surface area contributed by atoms with Crippen LogP contribution in [0.15, 0.2) is 54.6 Å². The molecule has 2 aromatic rings. The molecule has 4 N–H and O–H groups in total. The molecule has 1 aliphatic heterocycles. The molecule has 3 rings (SSSR count).